The molecular formula is C25H54N2O5S. The minimum Gasteiger partial charge on any atom is -0.351 e. The van der Waals surface area contributed by atoms with E-state index in [-0.39, 0.29) is 12.5 Å². The van der Waals surface area contributed by atoms with Gasteiger partial charge in [-0.3, -0.25) is 9.35 Å². The van der Waals surface area contributed by atoms with Gasteiger partial charge in [-0.25, -0.2) is 4.18 Å². The van der Waals surface area contributed by atoms with Crippen molar-refractivity contribution in [3.63, 3.8) is 0 Å². The van der Waals surface area contributed by atoms with E-state index in [1.165, 1.54) is 77.0 Å². The second-order valence-corrected chi connectivity index (χ2v) is 10.4. The molecule has 2 N–H and O–H groups in total. The van der Waals surface area contributed by atoms with Crippen molar-refractivity contribution < 1.29 is 21.9 Å². The van der Waals surface area contributed by atoms with E-state index in [0.29, 0.717) is 6.42 Å². The number of amides is 1. The van der Waals surface area contributed by atoms with Gasteiger partial charge in [-0.1, -0.05) is 104 Å². The third kappa shape index (κ3) is 33.6. The Bertz CT molecular complexity index is 527. The van der Waals surface area contributed by atoms with E-state index in [0.717, 1.165) is 25.8 Å². The Hall–Kier alpha value is -0.700. The normalized spacial score (nSPS) is 12.3. The van der Waals surface area contributed by atoms with Gasteiger partial charge in [0.25, 0.3) is 0 Å². The number of carbonyl (C=O) groups excluding carboxylic acids is 1. The molecule has 1 amide bonds. The SMILES string of the molecule is CCCCCCCCCCCCCCCCCC(=O)NC(C)COS(=O)(=O)O.CCN(C)C. The zero-order valence-electron chi connectivity index (χ0n) is 22.2. The van der Waals surface area contributed by atoms with Gasteiger partial charge in [0.2, 0.25) is 5.91 Å². The largest absolute Gasteiger partial charge is 0.397 e. The molecule has 0 aromatic heterocycles. The number of nitrogens with one attached hydrogen (secondary N) is 1. The summed E-state index contributed by atoms with van der Waals surface area (Å²) in [4.78, 5) is 13.9. The second kappa shape index (κ2) is 24.4. The zero-order chi connectivity index (χ0) is 25.4. The van der Waals surface area contributed by atoms with Crippen LogP contribution in [0.3, 0.4) is 0 Å². The van der Waals surface area contributed by atoms with Crippen LogP contribution in [0.25, 0.3) is 0 Å². The van der Waals surface area contributed by atoms with Crippen LogP contribution in [0.4, 0.5) is 0 Å². The summed E-state index contributed by atoms with van der Waals surface area (Å²) >= 11 is 0. The molecule has 0 bridgehead atoms. The van der Waals surface area contributed by atoms with Gasteiger partial charge in [0.15, 0.2) is 0 Å². The Labute approximate surface area is 205 Å². The fourth-order valence-electron chi connectivity index (χ4n) is 3.23. The molecule has 0 aliphatic carbocycles. The molecule has 0 aromatic carbocycles. The molecule has 0 radical (unpaired) electrons. The van der Waals surface area contributed by atoms with Crippen LogP contribution < -0.4 is 5.32 Å². The molecule has 0 aliphatic heterocycles. The van der Waals surface area contributed by atoms with Crippen LogP contribution in [-0.2, 0) is 19.4 Å². The van der Waals surface area contributed by atoms with Crippen LogP contribution in [0.5, 0.6) is 0 Å². The smallest absolute Gasteiger partial charge is 0.351 e. The van der Waals surface area contributed by atoms with Crippen molar-refractivity contribution in [2.75, 3.05) is 27.2 Å². The summed E-state index contributed by atoms with van der Waals surface area (Å²) in [6.45, 7) is 6.90. The van der Waals surface area contributed by atoms with Gasteiger partial charge in [0.05, 0.1) is 12.6 Å². The highest BCUT2D eigenvalue weighted by molar-refractivity contribution is 7.80. The van der Waals surface area contributed by atoms with Crippen molar-refractivity contribution in [1.29, 1.82) is 0 Å². The first-order chi connectivity index (χ1) is 15.6. The highest BCUT2D eigenvalue weighted by Crippen LogP contribution is 2.13. The predicted octanol–water partition coefficient (Wildman–Crippen LogP) is 6.14. The molecule has 33 heavy (non-hydrogen) atoms. The molecule has 200 valence electrons. The zero-order valence-corrected chi connectivity index (χ0v) is 23.1. The Balaban J connectivity index is 0. The molecule has 0 saturated carbocycles. The standard InChI is InChI=1S/C21H43NO5S.C4H11N/c1-3-4-5-6-7-8-9-10-11-12-13-14-15-16-17-18-21(23)22-20(2)19-27-28(24,25)26;1-4-5(2)3/h20H,3-19H2,1-2H3,(H,22,23)(H,24,25,26);4H2,1-3H3. The number of nitrogens with zero attached hydrogens (tertiary/aromatic N) is 1. The van der Waals surface area contributed by atoms with Crippen molar-refractivity contribution in [3.8, 4) is 0 Å². The first kappa shape index (κ1) is 34.5. The minimum absolute atomic E-state index is 0.110. The molecular weight excluding hydrogens is 440 g/mol. The molecule has 0 aromatic rings. The Morgan fingerprint density at radius 2 is 1.18 bits per heavy atom. The molecule has 0 rings (SSSR count). The number of rotatable bonds is 21. The Morgan fingerprint density at radius 3 is 1.52 bits per heavy atom. The minimum atomic E-state index is -4.45. The van der Waals surface area contributed by atoms with Crippen LogP contribution in [0.15, 0.2) is 0 Å². The molecule has 0 spiro atoms. The summed E-state index contributed by atoms with van der Waals surface area (Å²) in [5.74, 6) is -0.110. The van der Waals surface area contributed by atoms with Crippen LogP contribution in [-0.4, -0.2) is 57.1 Å². The molecule has 0 saturated heterocycles. The average molecular weight is 495 g/mol. The maximum atomic E-state index is 11.7. The lowest BCUT2D eigenvalue weighted by molar-refractivity contribution is -0.122. The number of carbonyl (C=O) groups is 1. The number of hydrogen-bond donors (Lipinski definition) is 2. The van der Waals surface area contributed by atoms with Crippen molar-refractivity contribution in [3.05, 3.63) is 0 Å². The lowest BCUT2D eigenvalue weighted by atomic mass is 10.0. The van der Waals surface area contributed by atoms with E-state index in [4.69, 9.17) is 4.55 Å². The van der Waals surface area contributed by atoms with Crippen molar-refractivity contribution in [2.45, 2.75) is 130 Å². The van der Waals surface area contributed by atoms with E-state index in [9.17, 15) is 13.2 Å². The molecule has 1 atom stereocenters. The van der Waals surface area contributed by atoms with Crippen molar-refractivity contribution >= 4 is 16.3 Å². The van der Waals surface area contributed by atoms with E-state index < -0.39 is 16.4 Å². The third-order valence-electron chi connectivity index (χ3n) is 5.51. The van der Waals surface area contributed by atoms with E-state index in [2.05, 4.69) is 42.3 Å². The van der Waals surface area contributed by atoms with Crippen molar-refractivity contribution in [2.24, 2.45) is 0 Å². The molecule has 0 aliphatic rings. The third-order valence-corrected chi connectivity index (χ3v) is 5.95. The summed E-state index contributed by atoms with van der Waals surface area (Å²) in [6, 6.07) is -0.453. The molecule has 7 nitrogen and oxygen atoms in total. The van der Waals surface area contributed by atoms with E-state index in [1.807, 2.05) is 0 Å². The summed E-state index contributed by atoms with van der Waals surface area (Å²) in [5, 5.41) is 2.66. The first-order valence-corrected chi connectivity index (χ1v) is 14.5. The summed E-state index contributed by atoms with van der Waals surface area (Å²) in [7, 11) is -0.339. The number of unbranched alkanes of at least 4 members (excludes halogenated alkanes) is 14. The van der Waals surface area contributed by atoms with Crippen LogP contribution >= 0.6 is 0 Å². The lowest BCUT2D eigenvalue weighted by Crippen LogP contribution is -2.36. The van der Waals surface area contributed by atoms with Gasteiger partial charge < -0.3 is 10.2 Å². The summed E-state index contributed by atoms with van der Waals surface area (Å²) < 4.78 is 33.7. The van der Waals surface area contributed by atoms with Gasteiger partial charge in [-0.15, -0.1) is 0 Å². The van der Waals surface area contributed by atoms with Gasteiger partial charge in [0.1, 0.15) is 0 Å². The average Bonchev–Trinajstić information content (AvgIpc) is 2.75. The lowest BCUT2D eigenvalue weighted by Gasteiger charge is -2.12. The van der Waals surface area contributed by atoms with Crippen LogP contribution in [0.2, 0.25) is 0 Å². The van der Waals surface area contributed by atoms with E-state index in [1.54, 1.807) is 6.92 Å². The first-order valence-electron chi connectivity index (χ1n) is 13.2. The quantitative estimate of drug-likeness (QED) is 0.147. The predicted molar refractivity (Wildman–Crippen MR) is 139 cm³/mol. The molecule has 1 unspecified atom stereocenters. The Morgan fingerprint density at radius 1 is 0.818 bits per heavy atom. The highest BCUT2D eigenvalue weighted by Gasteiger charge is 2.11. The van der Waals surface area contributed by atoms with Gasteiger partial charge >= 0.3 is 10.4 Å². The summed E-state index contributed by atoms with van der Waals surface area (Å²) in [5.41, 5.74) is 0. The monoisotopic (exact) mass is 494 g/mol. The highest BCUT2D eigenvalue weighted by atomic mass is 32.3. The van der Waals surface area contributed by atoms with Crippen LogP contribution in [0.1, 0.15) is 124 Å². The van der Waals surface area contributed by atoms with Gasteiger partial charge in [-0.05, 0) is 34.0 Å². The molecule has 0 fully saturated rings. The maximum absolute atomic E-state index is 11.7. The fraction of sp³-hybridized carbons (Fsp3) is 0.960. The Kier molecular flexibility index (Phi) is 25.5. The molecule has 8 heteroatoms. The second-order valence-electron chi connectivity index (χ2n) is 9.28. The topological polar surface area (TPSA) is 95.9 Å². The van der Waals surface area contributed by atoms with Crippen LogP contribution in [0, 0.1) is 0 Å². The van der Waals surface area contributed by atoms with E-state index >= 15 is 0 Å². The number of hydrogen-bond acceptors (Lipinski definition) is 5. The van der Waals surface area contributed by atoms with Gasteiger partial charge in [0, 0.05) is 6.42 Å². The maximum Gasteiger partial charge on any atom is 0.397 e. The van der Waals surface area contributed by atoms with Crippen molar-refractivity contribution in [1.82, 2.24) is 10.2 Å². The van der Waals surface area contributed by atoms with Gasteiger partial charge in [-0.2, -0.15) is 8.42 Å². The molecule has 0 heterocycles. The fourth-order valence-corrected chi connectivity index (χ4v) is 3.61. The summed E-state index contributed by atoms with van der Waals surface area (Å²) in [6.07, 6.45) is 19.7.